The summed E-state index contributed by atoms with van der Waals surface area (Å²) in [5, 5.41) is 10.1. The first-order valence-electron chi connectivity index (χ1n) is 7.07. The smallest absolute Gasteiger partial charge is 0.309 e. The molecule has 4 nitrogen and oxygen atoms in total. The Kier molecular flexibility index (Phi) is 7.72. The number of benzene rings is 1. The van der Waals surface area contributed by atoms with E-state index in [9.17, 15) is 9.90 Å². The third-order valence-corrected chi connectivity index (χ3v) is 3.51. The molecule has 0 radical (unpaired) electrons. The van der Waals surface area contributed by atoms with E-state index in [-0.39, 0.29) is 24.9 Å². The van der Waals surface area contributed by atoms with Gasteiger partial charge in [-0.2, -0.15) is 0 Å². The molecular weight excluding hydrogens is 268 g/mol. The molecule has 1 N–H and O–H groups in total. The van der Waals surface area contributed by atoms with Crippen molar-refractivity contribution in [2.75, 3.05) is 13.7 Å². The summed E-state index contributed by atoms with van der Waals surface area (Å²) in [5.41, 5.74) is 2.03. The van der Waals surface area contributed by atoms with Crippen LogP contribution in [0.15, 0.2) is 42.0 Å². The molecule has 1 aromatic carbocycles. The lowest BCUT2D eigenvalue weighted by molar-refractivity contribution is -0.139. The SMILES string of the molecule is COC(=O)C/C=C(\C)[C@@H](C)[C@@H](O)COCc1ccccc1. The van der Waals surface area contributed by atoms with Crippen molar-refractivity contribution in [1.29, 1.82) is 0 Å². The Balaban J connectivity index is 2.36. The van der Waals surface area contributed by atoms with E-state index in [0.717, 1.165) is 11.1 Å². The normalized spacial score (nSPS) is 14.6. The van der Waals surface area contributed by atoms with Gasteiger partial charge in [-0.3, -0.25) is 4.79 Å². The summed E-state index contributed by atoms with van der Waals surface area (Å²) in [6.45, 7) is 4.56. The van der Waals surface area contributed by atoms with Crippen LogP contribution in [-0.2, 0) is 20.9 Å². The van der Waals surface area contributed by atoms with E-state index < -0.39 is 6.10 Å². The van der Waals surface area contributed by atoms with Crippen LogP contribution in [0.1, 0.15) is 25.8 Å². The summed E-state index contributed by atoms with van der Waals surface area (Å²) in [4.78, 5) is 11.1. The Bertz CT molecular complexity index is 453. The fraction of sp³-hybridized carbons (Fsp3) is 0.471. The molecule has 0 aromatic heterocycles. The van der Waals surface area contributed by atoms with Crippen molar-refractivity contribution < 1.29 is 19.4 Å². The molecule has 0 heterocycles. The summed E-state index contributed by atoms with van der Waals surface area (Å²) >= 11 is 0. The van der Waals surface area contributed by atoms with Crippen molar-refractivity contribution in [3.05, 3.63) is 47.5 Å². The van der Waals surface area contributed by atoms with Crippen LogP contribution in [-0.4, -0.2) is 30.9 Å². The molecule has 0 saturated heterocycles. The number of hydrogen-bond donors (Lipinski definition) is 1. The zero-order chi connectivity index (χ0) is 15.7. The van der Waals surface area contributed by atoms with Crippen LogP contribution < -0.4 is 0 Å². The lowest BCUT2D eigenvalue weighted by Gasteiger charge is -2.19. The minimum Gasteiger partial charge on any atom is -0.469 e. The molecule has 0 aliphatic rings. The molecule has 0 bridgehead atoms. The lowest BCUT2D eigenvalue weighted by Crippen LogP contribution is -2.24. The topological polar surface area (TPSA) is 55.8 Å². The number of aliphatic hydroxyl groups is 1. The predicted octanol–water partition coefficient (Wildman–Crippen LogP) is 2.71. The summed E-state index contributed by atoms with van der Waals surface area (Å²) in [6, 6.07) is 9.83. The van der Waals surface area contributed by atoms with Gasteiger partial charge in [0.2, 0.25) is 0 Å². The number of rotatable bonds is 8. The minimum absolute atomic E-state index is 0.0644. The highest BCUT2D eigenvalue weighted by Gasteiger charge is 2.16. The van der Waals surface area contributed by atoms with Crippen molar-refractivity contribution in [3.8, 4) is 0 Å². The van der Waals surface area contributed by atoms with E-state index in [1.54, 1.807) is 6.08 Å². The van der Waals surface area contributed by atoms with Crippen LogP contribution in [0.3, 0.4) is 0 Å². The second-order valence-corrected chi connectivity index (χ2v) is 5.09. The first kappa shape index (κ1) is 17.4. The first-order valence-corrected chi connectivity index (χ1v) is 7.07. The fourth-order valence-electron chi connectivity index (χ4n) is 1.83. The van der Waals surface area contributed by atoms with Gasteiger partial charge >= 0.3 is 5.97 Å². The van der Waals surface area contributed by atoms with Crippen LogP contribution in [0, 0.1) is 5.92 Å². The van der Waals surface area contributed by atoms with Crippen molar-refractivity contribution in [3.63, 3.8) is 0 Å². The molecular formula is C17H24O4. The maximum absolute atomic E-state index is 11.1. The highest BCUT2D eigenvalue weighted by Crippen LogP contribution is 2.16. The number of carbonyl (C=O) groups is 1. The van der Waals surface area contributed by atoms with Gasteiger partial charge in [0.05, 0.1) is 32.8 Å². The van der Waals surface area contributed by atoms with Gasteiger partial charge in [-0.25, -0.2) is 0 Å². The highest BCUT2D eigenvalue weighted by molar-refractivity contribution is 5.71. The molecule has 0 fully saturated rings. The van der Waals surface area contributed by atoms with E-state index in [4.69, 9.17) is 4.74 Å². The molecule has 21 heavy (non-hydrogen) atoms. The zero-order valence-corrected chi connectivity index (χ0v) is 12.9. The first-order chi connectivity index (χ1) is 10.0. The molecule has 116 valence electrons. The van der Waals surface area contributed by atoms with Gasteiger partial charge in [-0.15, -0.1) is 0 Å². The van der Waals surface area contributed by atoms with E-state index in [0.29, 0.717) is 6.61 Å². The maximum Gasteiger partial charge on any atom is 0.309 e. The molecule has 4 heteroatoms. The number of ether oxygens (including phenoxy) is 2. The van der Waals surface area contributed by atoms with Crippen molar-refractivity contribution in [2.45, 2.75) is 33.0 Å². The van der Waals surface area contributed by atoms with Crippen LogP contribution in [0.5, 0.6) is 0 Å². The van der Waals surface area contributed by atoms with Gasteiger partial charge < -0.3 is 14.6 Å². The monoisotopic (exact) mass is 292 g/mol. The van der Waals surface area contributed by atoms with Gasteiger partial charge in [0, 0.05) is 5.92 Å². The average Bonchev–Trinajstić information content (AvgIpc) is 2.52. The summed E-state index contributed by atoms with van der Waals surface area (Å²) in [7, 11) is 1.36. The molecule has 1 aromatic rings. The van der Waals surface area contributed by atoms with Gasteiger partial charge in [0.25, 0.3) is 0 Å². The summed E-state index contributed by atoms with van der Waals surface area (Å²) in [6.07, 6.45) is 1.42. The van der Waals surface area contributed by atoms with Gasteiger partial charge in [-0.05, 0) is 12.5 Å². The highest BCUT2D eigenvalue weighted by atomic mass is 16.5. The number of esters is 1. The Labute approximate surface area is 126 Å². The van der Waals surface area contributed by atoms with Crippen LogP contribution in [0.4, 0.5) is 0 Å². The number of carbonyl (C=O) groups excluding carboxylic acids is 1. The third kappa shape index (κ3) is 6.56. The van der Waals surface area contributed by atoms with Crippen molar-refractivity contribution in [2.24, 2.45) is 5.92 Å². The van der Waals surface area contributed by atoms with Crippen molar-refractivity contribution >= 4 is 5.97 Å². The van der Waals surface area contributed by atoms with E-state index in [2.05, 4.69) is 4.74 Å². The molecule has 0 unspecified atom stereocenters. The molecule has 1 rings (SSSR count). The fourth-order valence-corrected chi connectivity index (χ4v) is 1.83. The van der Waals surface area contributed by atoms with E-state index in [1.807, 2.05) is 44.2 Å². The van der Waals surface area contributed by atoms with Gasteiger partial charge in [-0.1, -0.05) is 48.9 Å². The Morgan fingerprint density at radius 1 is 1.33 bits per heavy atom. The third-order valence-electron chi connectivity index (χ3n) is 3.51. The predicted molar refractivity (Wildman–Crippen MR) is 81.7 cm³/mol. The Morgan fingerprint density at radius 2 is 2.00 bits per heavy atom. The molecule has 2 atom stereocenters. The van der Waals surface area contributed by atoms with Crippen LogP contribution in [0.25, 0.3) is 0 Å². The summed E-state index contributed by atoms with van der Waals surface area (Å²) < 4.78 is 10.1. The number of aliphatic hydroxyl groups excluding tert-OH is 1. The molecule has 0 amide bonds. The Morgan fingerprint density at radius 3 is 2.62 bits per heavy atom. The second-order valence-electron chi connectivity index (χ2n) is 5.09. The molecule has 0 saturated carbocycles. The minimum atomic E-state index is -0.595. The van der Waals surface area contributed by atoms with Crippen LogP contribution >= 0.6 is 0 Å². The van der Waals surface area contributed by atoms with E-state index in [1.165, 1.54) is 7.11 Å². The molecule has 0 aliphatic carbocycles. The summed E-state index contributed by atoms with van der Waals surface area (Å²) in [5.74, 6) is -0.346. The van der Waals surface area contributed by atoms with Crippen molar-refractivity contribution in [1.82, 2.24) is 0 Å². The maximum atomic E-state index is 11.1. The Hall–Kier alpha value is -1.65. The average molecular weight is 292 g/mol. The zero-order valence-electron chi connectivity index (χ0n) is 12.9. The molecule has 0 spiro atoms. The van der Waals surface area contributed by atoms with Gasteiger partial charge in [0.15, 0.2) is 0 Å². The number of hydrogen-bond acceptors (Lipinski definition) is 4. The number of methoxy groups -OCH3 is 1. The standard InChI is InChI=1S/C17H24O4/c1-13(9-10-17(19)20-3)14(2)16(18)12-21-11-15-7-5-4-6-8-15/h4-9,14,16,18H,10-12H2,1-3H3/b13-9+/t14-,16+/m1/s1. The largest absolute Gasteiger partial charge is 0.469 e. The van der Waals surface area contributed by atoms with Crippen LogP contribution in [0.2, 0.25) is 0 Å². The lowest BCUT2D eigenvalue weighted by atomic mass is 9.96. The molecule has 0 aliphatic heterocycles. The quantitative estimate of drug-likeness (QED) is 0.591. The second kappa shape index (κ2) is 9.32. The van der Waals surface area contributed by atoms with E-state index >= 15 is 0 Å². The van der Waals surface area contributed by atoms with Gasteiger partial charge in [0.1, 0.15) is 0 Å².